The third-order valence-corrected chi connectivity index (χ3v) is 2.92. The smallest absolute Gasteiger partial charge is 0.239 e. The molecule has 14 heavy (non-hydrogen) atoms. The van der Waals surface area contributed by atoms with Gasteiger partial charge in [-0.1, -0.05) is 6.42 Å². The molecule has 5 nitrogen and oxygen atoms in total. The third kappa shape index (κ3) is 1.72. The Bertz CT molecular complexity index is 306. The molecule has 2 N–H and O–H groups in total. The molecule has 0 amide bonds. The van der Waals surface area contributed by atoms with Gasteiger partial charge in [-0.3, -0.25) is 4.68 Å². The van der Waals surface area contributed by atoms with Gasteiger partial charge in [0.2, 0.25) is 5.95 Å². The molecule has 0 atom stereocenters. The zero-order chi connectivity index (χ0) is 10.0. The van der Waals surface area contributed by atoms with E-state index >= 15 is 0 Å². The topological polar surface area (TPSA) is 66.0 Å². The van der Waals surface area contributed by atoms with Crippen LogP contribution in [0.1, 0.15) is 19.3 Å². The van der Waals surface area contributed by atoms with E-state index in [9.17, 15) is 0 Å². The standard InChI is InChI=1S/C9H16N4O/c1-14-6-9(3-2-4-9)5-13-7-11-8(10)12-13/h7H,2-6H2,1H3,(H2,10,12). The highest BCUT2D eigenvalue weighted by Gasteiger charge is 2.37. The summed E-state index contributed by atoms with van der Waals surface area (Å²) in [6.07, 6.45) is 5.39. The molecule has 1 saturated carbocycles. The van der Waals surface area contributed by atoms with Crippen molar-refractivity contribution in [1.82, 2.24) is 14.8 Å². The van der Waals surface area contributed by atoms with Crippen LogP contribution in [0.5, 0.6) is 0 Å². The van der Waals surface area contributed by atoms with E-state index in [0.29, 0.717) is 5.95 Å². The van der Waals surface area contributed by atoms with E-state index in [1.807, 2.05) is 4.68 Å². The van der Waals surface area contributed by atoms with Crippen LogP contribution in [0.15, 0.2) is 6.33 Å². The second-order valence-electron chi connectivity index (χ2n) is 4.09. The summed E-state index contributed by atoms with van der Waals surface area (Å²) in [7, 11) is 1.75. The van der Waals surface area contributed by atoms with Gasteiger partial charge in [0, 0.05) is 12.5 Å². The molecule has 1 fully saturated rings. The van der Waals surface area contributed by atoms with Gasteiger partial charge in [0.15, 0.2) is 0 Å². The van der Waals surface area contributed by atoms with Crippen LogP contribution in [0.3, 0.4) is 0 Å². The van der Waals surface area contributed by atoms with Crippen molar-refractivity contribution in [1.29, 1.82) is 0 Å². The fourth-order valence-electron chi connectivity index (χ4n) is 2.06. The summed E-state index contributed by atoms with van der Waals surface area (Å²) < 4.78 is 7.05. The molecule has 0 unspecified atom stereocenters. The average molecular weight is 196 g/mol. The number of nitrogens with two attached hydrogens (primary N) is 1. The summed E-state index contributed by atoms with van der Waals surface area (Å²) in [6.45, 7) is 1.66. The molecule has 0 saturated heterocycles. The van der Waals surface area contributed by atoms with Gasteiger partial charge in [0.05, 0.1) is 13.2 Å². The van der Waals surface area contributed by atoms with Crippen LogP contribution in [0.4, 0.5) is 5.95 Å². The number of hydrogen-bond donors (Lipinski definition) is 1. The lowest BCUT2D eigenvalue weighted by Gasteiger charge is -2.40. The van der Waals surface area contributed by atoms with E-state index in [-0.39, 0.29) is 5.41 Å². The minimum absolute atomic E-state index is 0.273. The van der Waals surface area contributed by atoms with Crippen LogP contribution in [0, 0.1) is 5.41 Å². The molecule has 1 aromatic rings. The van der Waals surface area contributed by atoms with Gasteiger partial charge in [0.1, 0.15) is 6.33 Å². The summed E-state index contributed by atoms with van der Waals surface area (Å²) in [5, 5.41) is 4.09. The Morgan fingerprint density at radius 1 is 1.64 bits per heavy atom. The first kappa shape index (κ1) is 9.45. The van der Waals surface area contributed by atoms with E-state index in [2.05, 4.69) is 10.1 Å². The van der Waals surface area contributed by atoms with Crippen molar-refractivity contribution in [3.05, 3.63) is 6.33 Å². The number of aromatic nitrogens is 3. The minimum Gasteiger partial charge on any atom is -0.384 e. The average Bonchev–Trinajstić information content (AvgIpc) is 2.48. The highest BCUT2D eigenvalue weighted by molar-refractivity contribution is 5.09. The van der Waals surface area contributed by atoms with Crippen molar-refractivity contribution in [3.8, 4) is 0 Å². The fraction of sp³-hybridized carbons (Fsp3) is 0.778. The Kier molecular flexibility index (Phi) is 2.41. The van der Waals surface area contributed by atoms with Crippen LogP contribution < -0.4 is 5.73 Å². The number of rotatable bonds is 4. The van der Waals surface area contributed by atoms with Gasteiger partial charge in [-0.05, 0) is 12.8 Å². The fourth-order valence-corrected chi connectivity index (χ4v) is 2.06. The number of nitrogens with zero attached hydrogens (tertiary/aromatic N) is 3. The van der Waals surface area contributed by atoms with Crippen molar-refractivity contribution in [2.45, 2.75) is 25.8 Å². The molecular formula is C9H16N4O. The van der Waals surface area contributed by atoms with E-state index in [4.69, 9.17) is 10.5 Å². The summed E-state index contributed by atoms with van der Waals surface area (Å²) in [5.74, 6) is 0.344. The largest absolute Gasteiger partial charge is 0.384 e. The Balaban J connectivity index is 2.01. The van der Waals surface area contributed by atoms with Crippen LogP contribution in [0.25, 0.3) is 0 Å². The minimum atomic E-state index is 0.273. The molecule has 0 spiro atoms. The molecule has 0 bridgehead atoms. The first-order chi connectivity index (χ1) is 6.74. The predicted molar refractivity (Wildman–Crippen MR) is 52.6 cm³/mol. The predicted octanol–water partition coefficient (Wildman–Crippen LogP) is 0.677. The van der Waals surface area contributed by atoms with Crippen LogP contribution in [-0.4, -0.2) is 28.5 Å². The van der Waals surface area contributed by atoms with E-state index in [0.717, 1.165) is 13.2 Å². The van der Waals surface area contributed by atoms with Crippen molar-refractivity contribution in [2.24, 2.45) is 5.41 Å². The summed E-state index contributed by atoms with van der Waals surface area (Å²) in [6, 6.07) is 0. The highest BCUT2D eigenvalue weighted by atomic mass is 16.5. The zero-order valence-corrected chi connectivity index (χ0v) is 8.44. The maximum absolute atomic E-state index is 5.46. The number of nitrogen functional groups attached to an aromatic ring is 1. The van der Waals surface area contributed by atoms with Crippen LogP contribution in [0.2, 0.25) is 0 Å². The lowest BCUT2D eigenvalue weighted by Crippen LogP contribution is -2.38. The zero-order valence-electron chi connectivity index (χ0n) is 8.44. The molecule has 0 aromatic carbocycles. The van der Waals surface area contributed by atoms with Crippen LogP contribution >= 0.6 is 0 Å². The third-order valence-electron chi connectivity index (χ3n) is 2.92. The molecule has 0 aliphatic heterocycles. The quantitative estimate of drug-likeness (QED) is 0.769. The van der Waals surface area contributed by atoms with Gasteiger partial charge < -0.3 is 10.5 Å². The summed E-state index contributed by atoms with van der Waals surface area (Å²) in [5.41, 5.74) is 5.73. The Labute approximate surface area is 83.3 Å². The van der Waals surface area contributed by atoms with E-state index in [1.165, 1.54) is 19.3 Å². The molecule has 1 heterocycles. The van der Waals surface area contributed by atoms with Gasteiger partial charge in [-0.25, -0.2) is 4.98 Å². The Morgan fingerprint density at radius 3 is 2.86 bits per heavy atom. The molecule has 78 valence electrons. The number of ether oxygens (including phenoxy) is 1. The lowest BCUT2D eigenvalue weighted by atomic mass is 9.69. The van der Waals surface area contributed by atoms with Crippen molar-refractivity contribution in [2.75, 3.05) is 19.5 Å². The van der Waals surface area contributed by atoms with E-state index in [1.54, 1.807) is 13.4 Å². The lowest BCUT2D eigenvalue weighted by molar-refractivity contribution is 0.000702. The molecular weight excluding hydrogens is 180 g/mol. The second-order valence-corrected chi connectivity index (χ2v) is 4.09. The Morgan fingerprint density at radius 2 is 2.43 bits per heavy atom. The molecule has 5 heteroatoms. The first-order valence-corrected chi connectivity index (χ1v) is 4.88. The Hall–Kier alpha value is -1.10. The molecule has 1 aliphatic rings. The normalized spacial score (nSPS) is 19.2. The molecule has 1 aromatic heterocycles. The maximum atomic E-state index is 5.46. The second kappa shape index (κ2) is 3.57. The SMILES string of the molecule is COCC1(Cn2cnc(N)n2)CCC1. The van der Waals surface area contributed by atoms with E-state index < -0.39 is 0 Å². The maximum Gasteiger partial charge on any atom is 0.239 e. The highest BCUT2D eigenvalue weighted by Crippen LogP contribution is 2.42. The number of anilines is 1. The number of methoxy groups -OCH3 is 1. The van der Waals surface area contributed by atoms with Crippen molar-refractivity contribution >= 4 is 5.95 Å². The van der Waals surface area contributed by atoms with Crippen LogP contribution in [-0.2, 0) is 11.3 Å². The van der Waals surface area contributed by atoms with Gasteiger partial charge in [-0.15, -0.1) is 5.10 Å². The summed E-state index contributed by atoms with van der Waals surface area (Å²) in [4.78, 5) is 3.91. The molecule has 0 radical (unpaired) electrons. The summed E-state index contributed by atoms with van der Waals surface area (Å²) >= 11 is 0. The van der Waals surface area contributed by atoms with Gasteiger partial charge in [-0.2, -0.15) is 0 Å². The monoisotopic (exact) mass is 196 g/mol. The van der Waals surface area contributed by atoms with Gasteiger partial charge in [0.25, 0.3) is 0 Å². The first-order valence-electron chi connectivity index (χ1n) is 4.88. The number of hydrogen-bond acceptors (Lipinski definition) is 4. The van der Waals surface area contributed by atoms with Gasteiger partial charge >= 0.3 is 0 Å². The molecule has 2 rings (SSSR count). The van der Waals surface area contributed by atoms with Crippen molar-refractivity contribution < 1.29 is 4.74 Å². The van der Waals surface area contributed by atoms with Crippen molar-refractivity contribution in [3.63, 3.8) is 0 Å². The molecule has 1 aliphatic carbocycles.